The van der Waals surface area contributed by atoms with Crippen molar-refractivity contribution in [2.75, 3.05) is 64.4 Å². The molecule has 0 unspecified atom stereocenters. The molecule has 0 spiro atoms. The minimum Gasteiger partial charge on any atom is -0.468 e. The van der Waals surface area contributed by atoms with E-state index in [1.54, 1.807) is 20.8 Å². The van der Waals surface area contributed by atoms with Gasteiger partial charge in [0.15, 0.2) is 0 Å². The molecule has 4 aliphatic heterocycles. The van der Waals surface area contributed by atoms with Gasteiger partial charge in [-0.15, -0.1) is 0 Å². The van der Waals surface area contributed by atoms with Crippen molar-refractivity contribution in [1.29, 1.82) is 0 Å². The number of alkyl carbamates (subject to hydrolysis) is 1. The van der Waals surface area contributed by atoms with Gasteiger partial charge in [-0.3, -0.25) is 29.4 Å². The summed E-state index contributed by atoms with van der Waals surface area (Å²) in [5, 5.41) is 5.63. The zero-order valence-electron chi connectivity index (χ0n) is 40.5. The summed E-state index contributed by atoms with van der Waals surface area (Å²) in [5.74, 6) is -0.480. The Morgan fingerprint density at radius 3 is 2.48 bits per heavy atom. The summed E-state index contributed by atoms with van der Waals surface area (Å²) in [7, 11) is 1.35. The number of carbonyl (C=O) groups is 3. The number of pyridine rings is 1. The lowest BCUT2D eigenvalue weighted by Crippen LogP contribution is -2.62. The molecule has 0 radical (unpaired) electrons. The second-order valence-electron chi connectivity index (χ2n) is 20.7. The van der Waals surface area contributed by atoms with Crippen LogP contribution in [0.1, 0.15) is 130 Å². The predicted molar refractivity (Wildman–Crippen MR) is 256 cm³/mol. The van der Waals surface area contributed by atoms with E-state index < -0.39 is 29.7 Å². The molecule has 0 bridgehead atoms. The smallest absolute Gasteiger partial charge is 0.408 e. The predicted octanol–water partition coefficient (Wildman–Crippen LogP) is 8.15. The second kappa shape index (κ2) is 20.0. The summed E-state index contributed by atoms with van der Waals surface area (Å²) in [6, 6.07) is 8.51. The van der Waals surface area contributed by atoms with Crippen LogP contribution in [0.25, 0.3) is 27.7 Å². The number of nitrogens with zero attached hydrogens (tertiary/aromatic N) is 6. The van der Waals surface area contributed by atoms with Crippen LogP contribution < -0.4 is 15.6 Å². The van der Waals surface area contributed by atoms with E-state index in [0.717, 1.165) is 63.2 Å². The number of anilines is 1. The van der Waals surface area contributed by atoms with Gasteiger partial charge in [-0.1, -0.05) is 59.6 Å². The van der Waals surface area contributed by atoms with Crippen molar-refractivity contribution in [2.24, 2.45) is 5.41 Å². The maximum Gasteiger partial charge on any atom is 0.408 e. The third kappa shape index (κ3) is 10.8. The first-order chi connectivity index (χ1) is 30.5. The number of rotatable bonds is 13. The number of esters is 1. The Hall–Kier alpha value is -4.46. The van der Waals surface area contributed by atoms with Gasteiger partial charge in [0.05, 0.1) is 30.4 Å². The van der Waals surface area contributed by atoms with Crippen molar-refractivity contribution >= 4 is 40.1 Å². The fourth-order valence-electron chi connectivity index (χ4n) is 10.2. The monoisotopic (exact) mass is 881 g/mol. The summed E-state index contributed by atoms with van der Waals surface area (Å²) in [5.41, 5.74) is 12.3. The second-order valence-corrected chi connectivity index (χ2v) is 20.7. The average molecular weight is 881 g/mol. The van der Waals surface area contributed by atoms with E-state index in [1.165, 1.54) is 76.9 Å². The molecule has 1 aromatic carbocycles. The van der Waals surface area contributed by atoms with E-state index in [-0.39, 0.29) is 23.8 Å². The van der Waals surface area contributed by atoms with Gasteiger partial charge in [-0.2, -0.15) is 0 Å². The zero-order chi connectivity index (χ0) is 45.9. The lowest BCUT2D eigenvalue weighted by molar-refractivity contribution is -0.150. The van der Waals surface area contributed by atoms with Crippen LogP contribution in [0.3, 0.4) is 0 Å². The molecule has 4 aliphatic rings. The summed E-state index contributed by atoms with van der Waals surface area (Å²) in [4.78, 5) is 52.7. The molecule has 6 heterocycles. The number of hydrazine groups is 1. The maximum absolute atomic E-state index is 14.2. The minimum atomic E-state index is -0.907. The molecule has 13 nitrogen and oxygen atoms in total. The highest BCUT2D eigenvalue weighted by Crippen LogP contribution is 2.43. The topological polar surface area (TPSA) is 125 Å². The summed E-state index contributed by atoms with van der Waals surface area (Å²) in [6.07, 6.45) is 11.7. The highest BCUT2D eigenvalue weighted by molar-refractivity contribution is 5.95. The number of piperidine rings is 1. The first kappa shape index (κ1) is 47.5. The number of amides is 2. The number of hydrogen-bond acceptors (Lipinski definition) is 10. The Morgan fingerprint density at radius 2 is 1.77 bits per heavy atom. The van der Waals surface area contributed by atoms with Gasteiger partial charge >= 0.3 is 12.1 Å². The zero-order valence-corrected chi connectivity index (χ0v) is 40.5. The van der Waals surface area contributed by atoms with E-state index in [9.17, 15) is 14.4 Å². The van der Waals surface area contributed by atoms with Crippen LogP contribution in [0.15, 0.2) is 36.5 Å². The Labute approximate surface area is 382 Å². The van der Waals surface area contributed by atoms with Crippen LogP contribution in [0, 0.1) is 5.41 Å². The maximum atomic E-state index is 14.2. The number of hydrogen-bond donors (Lipinski definition) is 2. The lowest BCUT2D eigenvalue weighted by atomic mass is 9.81. The SMILES string of the molecule is CCn1c(-c2cc(N3CCN4CCCC[C@@H]4C3)cnc2C(C)C)c(CC(C)(C)CC)c2cc(C3=CCCN(C[C@H](NC(=O)OC(C)(C)C)C(=O)N4CCC[C@@H](C(=O)OC)N4)C3)ccc21. The van der Waals surface area contributed by atoms with Gasteiger partial charge < -0.3 is 24.3 Å². The Bertz CT molecular complexity index is 2190. The number of fused-ring (bicyclic) bond motifs is 2. The largest absolute Gasteiger partial charge is 0.468 e. The molecular weight excluding hydrogens is 805 g/mol. The van der Waals surface area contributed by atoms with Gasteiger partial charge in [-0.25, -0.2) is 10.2 Å². The Kier molecular flexibility index (Phi) is 14.8. The molecule has 3 saturated heterocycles. The molecular formula is C51H76N8O5. The van der Waals surface area contributed by atoms with E-state index in [0.29, 0.717) is 32.0 Å². The van der Waals surface area contributed by atoms with E-state index in [2.05, 4.69) is 108 Å². The van der Waals surface area contributed by atoms with Crippen LogP contribution >= 0.6 is 0 Å². The summed E-state index contributed by atoms with van der Waals surface area (Å²) >= 11 is 0. The fourth-order valence-corrected chi connectivity index (χ4v) is 10.2. The molecule has 64 heavy (non-hydrogen) atoms. The van der Waals surface area contributed by atoms with Crippen LogP contribution in [0.4, 0.5) is 10.5 Å². The third-order valence-corrected chi connectivity index (χ3v) is 14.0. The first-order valence-electron chi connectivity index (χ1n) is 24.2. The quantitative estimate of drug-likeness (QED) is 0.163. The van der Waals surface area contributed by atoms with Crippen molar-refractivity contribution in [3.8, 4) is 11.3 Å². The lowest BCUT2D eigenvalue weighted by Gasteiger charge is -2.45. The van der Waals surface area contributed by atoms with Gasteiger partial charge in [-0.05, 0) is 119 Å². The number of ether oxygens (including phenoxy) is 2. The van der Waals surface area contributed by atoms with Crippen molar-refractivity contribution in [3.63, 3.8) is 0 Å². The number of methoxy groups -OCH3 is 1. The Balaban J connectivity index is 1.22. The molecule has 2 aromatic heterocycles. The molecule has 2 N–H and O–H groups in total. The number of aryl methyl sites for hydroxylation is 1. The number of aromatic nitrogens is 2. The molecule has 13 heteroatoms. The molecule has 0 aliphatic carbocycles. The standard InChI is InChI=1S/C51H76N8O5/c1-11-51(8,9)29-41-39-27-35(36-17-15-22-55(31-36)33-43(53-49(62)64-50(5,6)7)47(60)59-24-16-19-42(54-59)48(61)63-10)20-21-44(39)58(12-2)46(41)40-28-38(30-52-45(40)34(3)4)57-26-25-56-23-14-13-18-37(56)32-57/h17,20-21,27-28,30,34,37,42-43,54H,11-16,18-19,22-26,29,31-33H2,1-10H3,(H,53,62)/t37-,42+,43+/m1/s1. The van der Waals surface area contributed by atoms with Gasteiger partial charge in [0.25, 0.3) is 5.91 Å². The number of nitrogens with one attached hydrogen (secondary N) is 2. The summed E-state index contributed by atoms with van der Waals surface area (Å²) < 4.78 is 13.1. The van der Waals surface area contributed by atoms with Crippen molar-refractivity contribution in [1.82, 2.24) is 35.1 Å². The van der Waals surface area contributed by atoms with Crippen LogP contribution in [0.2, 0.25) is 0 Å². The third-order valence-electron chi connectivity index (χ3n) is 14.0. The van der Waals surface area contributed by atoms with E-state index >= 15 is 0 Å². The van der Waals surface area contributed by atoms with Gasteiger partial charge in [0.2, 0.25) is 0 Å². The number of benzene rings is 1. The summed E-state index contributed by atoms with van der Waals surface area (Å²) in [6.45, 7) is 26.6. The van der Waals surface area contributed by atoms with E-state index in [1.807, 2.05) is 0 Å². The molecule has 2 amide bonds. The highest BCUT2D eigenvalue weighted by Gasteiger charge is 2.36. The van der Waals surface area contributed by atoms with Crippen LogP contribution in [-0.2, 0) is 32.0 Å². The van der Waals surface area contributed by atoms with Crippen LogP contribution in [-0.4, -0.2) is 126 Å². The van der Waals surface area contributed by atoms with Gasteiger partial charge in [0.1, 0.15) is 17.7 Å². The van der Waals surface area contributed by atoms with Crippen molar-refractivity contribution < 1.29 is 23.9 Å². The average Bonchev–Trinajstić information content (AvgIpc) is 3.58. The number of piperazine rings is 1. The van der Waals surface area contributed by atoms with E-state index in [4.69, 9.17) is 14.5 Å². The fraction of sp³-hybridized carbons (Fsp3) is 0.647. The van der Waals surface area contributed by atoms with Crippen molar-refractivity contribution in [3.05, 3.63) is 53.4 Å². The highest BCUT2D eigenvalue weighted by atomic mass is 16.6. The first-order valence-corrected chi connectivity index (χ1v) is 24.2. The molecule has 3 atom stereocenters. The minimum absolute atomic E-state index is 0.0711. The van der Waals surface area contributed by atoms with Gasteiger partial charge in [0, 0.05) is 74.9 Å². The Morgan fingerprint density at radius 1 is 0.969 bits per heavy atom. The molecule has 0 saturated carbocycles. The van der Waals surface area contributed by atoms with Crippen LogP contribution in [0.5, 0.6) is 0 Å². The molecule has 3 fully saturated rings. The molecule has 7 rings (SSSR count). The molecule has 350 valence electrons. The number of carbonyl (C=O) groups excluding carboxylic acids is 3. The van der Waals surface area contributed by atoms with Crippen molar-refractivity contribution in [2.45, 2.75) is 150 Å². The normalized spacial score (nSPS) is 20.8. The molecule has 3 aromatic rings.